The summed E-state index contributed by atoms with van der Waals surface area (Å²) in [5.74, 6) is 1.05. The van der Waals surface area contributed by atoms with E-state index in [2.05, 4.69) is 21.8 Å². The molecule has 5 heteroatoms. The van der Waals surface area contributed by atoms with E-state index in [1.165, 1.54) is 0 Å². The van der Waals surface area contributed by atoms with Crippen molar-refractivity contribution < 1.29 is 4.79 Å². The van der Waals surface area contributed by atoms with Gasteiger partial charge in [-0.05, 0) is 12.1 Å². The zero-order valence-corrected chi connectivity index (χ0v) is 11.2. The minimum absolute atomic E-state index is 0.0327. The summed E-state index contributed by atoms with van der Waals surface area (Å²) in [6, 6.07) is 8.01. The maximum absolute atomic E-state index is 11.6. The van der Waals surface area contributed by atoms with E-state index in [4.69, 9.17) is 5.73 Å². The SMILES string of the molecule is CCc1nc2ccccc2n1CCC(=O)NCCN. The first kappa shape index (κ1) is 13.5. The molecule has 1 aromatic carbocycles. The average molecular weight is 260 g/mol. The Morgan fingerprint density at radius 3 is 2.95 bits per heavy atom. The smallest absolute Gasteiger partial charge is 0.221 e. The molecule has 0 atom stereocenters. The fourth-order valence-corrected chi connectivity index (χ4v) is 2.16. The van der Waals surface area contributed by atoms with Crippen molar-refractivity contribution in [3.8, 4) is 0 Å². The Balaban J connectivity index is 2.13. The van der Waals surface area contributed by atoms with Crippen LogP contribution in [-0.2, 0) is 17.8 Å². The number of aryl methyl sites for hydroxylation is 2. The normalized spacial score (nSPS) is 10.8. The number of fused-ring (bicyclic) bond motifs is 1. The van der Waals surface area contributed by atoms with Gasteiger partial charge in [-0.2, -0.15) is 0 Å². The molecule has 0 aliphatic rings. The number of nitrogens with one attached hydrogen (secondary N) is 1. The number of carbonyl (C=O) groups excluding carboxylic acids is 1. The second-order valence-electron chi connectivity index (χ2n) is 4.41. The van der Waals surface area contributed by atoms with Crippen molar-refractivity contribution in [2.45, 2.75) is 26.3 Å². The van der Waals surface area contributed by atoms with E-state index >= 15 is 0 Å². The monoisotopic (exact) mass is 260 g/mol. The molecule has 0 saturated heterocycles. The van der Waals surface area contributed by atoms with Crippen molar-refractivity contribution in [3.63, 3.8) is 0 Å². The Hall–Kier alpha value is -1.88. The van der Waals surface area contributed by atoms with Gasteiger partial charge >= 0.3 is 0 Å². The van der Waals surface area contributed by atoms with Crippen LogP contribution in [0.4, 0.5) is 0 Å². The largest absolute Gasteiger partial charge is 0.355 e. The Morgan fingerprint density at radius 1 is 1.42 bits per heavy atom. The molecule has 0 saturated carbocycles. The molecule has 3 N–H and O–H groups in total. The lowest BCUT2D eigenvalue weighted by molar-refractivity contribution is -0.121. The molecular formula is C14H20N4O. The van der Waals surface area contributed by atoms with Crippen LogP contribution in [0.5, 0.6) is 0 Å². The van der Waals surface area contributed by atoms with E-state index in [1.54, 1.807) is 0 Å². The number of imidazole rings is 1. The molecule has 2 aromatic rings. The summed E-state index contributed by atoms with van der Waals surface area (Å²) < 4.78 is 2.12. The van der Waals surface area contributed by atoms with E-state index in [1.807, 2.05) is 24.3 Å². The van der Waals surface area contributed by atoms with E-state index in [-0.39, 0.29) is 5.91 Å². The molecule has 5 nitrogen and oxygen atoms in total. The fourth-order valence-electron chi connectivity index (χ4n) is 2.16. The van der Waals surface area contributed by atoms with Gasteiger partial charge in [-0.15, -0.1) is 0 Å². The lowest BCUT2D eigenvalue weighted by atomic mass is 10.3. The Labute approximate surface area is 112 Å². The van der Waals surface area contributed by atoms with Gasteiger partial charge < -0.3 is 15.6 Å². The molecule has 1 aromatic heterocycles. The highest BCUT2D eigenvalue weighted by atomic mass is 16.1. The molecule has 0 aliphatic carbocycles. The molecule has 0 fully saturated rings. The summed E-state index contributed by atoms with van der Waals surface area (Å²) in [6.07, 6.45) is 1.31. The Morgan fingerprint density at radius 2 is 2.21 bits per heavy atom. The minimum atomic E-state index is 0.0327. The van der Waals surface area contributed by atoms with Crippen LogP contribution in [0.25, 0.3) is 11.0 Å². The zero-order valence-electron chi connectivity index (χ0n) is 11.2. The molecule has 0 unspecified atom stereocenters. The average Bonchev–Trinajstić information content (AvgIpc) is 2.80. The molecular weight excluding hydrogens is 240 g/mol. The van der Waals surface area contributed by atoms with Crippen molar-refractivity contribution in [2.75, 3.05) is 13.1 Å². The molecule has 1 amide bonds. The summed E-state index contributed by atoms with van der Waals surface area (Å²) in [4.78, 5) is 16.2. The first-order chi connectivity index (χ1) is 9.26. The number of benzene rings is 1. The second kappa shape index (κ2) is 6.33. The second-order valence-corrected chi connectivity index (χ2v) is 4.41. The van der Waals surface area contributed by atoms with Crippen LogP contribution in [0, 0.1) is 0 Å². The van der Waals surface area contributed by atoms with Gasteiger partial charge in [0.1, 0.15) is 5.82 Å². The first-order valence-corrected chi connectivity index (χ1v) is 6.67. The van der Waals surface area contributed by atoms with Gasteiger partial charge in [0, 0.05) is 32.5 Å². The van der Waals surface area contributed by atoms with Crippen LogP contribution in [0.1, 0.15) is 19.2 Å². The highest BCUT2D eigenvalue weighted by molar-refractivity contribution is 5.78. The van der Waals surface area contributed by atoms with E-state index in [0.29, 0.717) is 26.1 Å². The van der Waals surface area contributed by atoms with Gasteiger partial charge in [0.05, 0.1) is 11.0 Å². The number of aromatic nitrogens is 2. The van der Waals surface area contributed by atoms with Crippen LogP contribution in [0.2, 0.25) is 0 Å². The lowest BCUT2D eigenvalue weighted by Crippen LogP contribution is -2.29. The van der Waals surface area contributed by atoms with Gasteiger partial charge in [0.2, 0.25) is 5.91 Å². The highest BCUT2D eigenvalue weighted by Crippen LogP contribution is 2.16. The number of hydrogen-bond acceptors (Lipinski definition) is 3. The molecule has 0 bridgehead atoms. The van der Waals surface area contributed by atoms with Crippen molar-refractivity contribution >= 4 is 16.9 Å². The topological polar surface area (TPSA) is 72.9 Å². The van der Waals surface area contributed by atoms with Crippen LogP contribution in [0.15, 0.2) is 24.3 Å². The Bertz CT molecular complexity index is 562. The third kappa shape index (κ3) is 3.12. The predicted octanol–water partition coefficient (Wildman–Crippen LogP) is 1.06. The van der Waals surface area contributed by atoms with E-state index < -0.39 is 0 Å². The van der Waals surface area contributed by atoms with Crippen LogP contribution < -0.4 is 11.1 Å². The number of nitrogens with two attached hydrogens (primary N) is 1. The molecule has 102 valence electrons. The van der Waals surface area contributed by atoms with Gasteiger partial charge in [0.25, 0.3) is 0 Å². The summed E-state index contributed by atoms with van der Waals surface area (Å²) in [6.45, 7) is 3.73. The first-order valence-electron chi connectivity index (χ1n) is 6.67. The van der Waals surface area contributed by atoms with Crippen molar-refractivity contribution in [3.05, 3.63) is 30.1 Å². The van der Waals surface area contributed by atoms with Gasteiger partial charge in [0.15, 0.2) is 0 Å². The highest BCUT2D eigenvalue weighted by Gasteiger charge is 2.10. The van der Waals surface area contributed by atoms with Crippen LogP contribution >= 0.6 is 0 Å². The fraction of sp³-hybridized carbons (Fsp3) is 0.429. The zero-order chi connectivity index (χ0) is 13.7. The summed E-state index contributed by atoms with van der Waals surface area (Å²) in [5.41, 5.74) is 7.43. The Kier molecular flexibility index (Phi) is 4.52. The molecule has 0 radical (unpaired) electrons. The maximum atomic E-state index is 11.6. The number of rotatable bonds is 6. The summed E-state index contributed by atoms with van der Waals surface area (Å²) >= 11 is 0. The molecule has 0 spiro atoms. The predicted molar refractivity (Wildman–Crippen MR) is 75.8 cm³/mol. The standard InChI is InChI=1S/C14H20N4O/c1-2-13-17-11-5-3-4-6-12(11)18(13)10-7-14(19)16-9-8-15/h3-6H,2,7-10,15H2,1H3,(H,16,19). The number of amides is 1. The van der Waals surface area contributed by atoms with E-state index in [0.717, 1.165) is 23.3 Å². The van der Waals surface area contributed by atoms with Crippen molar-refractivity contribution in [1.82, 2.24) is 14.9 Å². The third-order valence-corrected chi connectivity index (χ3v) is 3.08. The van der Waals surface area contributed by atoms with Gasteiger partial charge in [-0.3, -0.25) is 4.79 Å². The van der Waals surface area contributed by atoms with Crippen molar-refractivity contribution in [2.24, 2.45) is 5.73 Å². The molecule has 1 heterocycles. The number of para-hydroxylation sites is 2. The summed E-state index contributed by atoms with van der Waals surface area (Å²) in [5, 5.41) is 2.78. The lowest BCUT2D eigenvalue weighted by Gasteiger charge is -2.08. The van der Waals surface area contributed by atoms with E-state index in [9.17, 15) is 4.79 Å². The van der Waals surface area contributed by atoms with Gasteiger partial charge in [-0.25, -0.2) is 4.98 Å². The quantitative estimate of drug-likeness (QED) is 0.815. The van der Waals surface area contributed by atoms with Gasteiger partial charge in [-0.1, -0.05) is 19.1 Å². The maximum Gasteiger partial charge on any atom is 0.221 e. The van der Waals surface area contributed by atoms with Crippen LogP contribution in [-0.4, -0.2) is 28.5 Å². The number of hydrogen-bond donors (Lipinski definition) is 2. The number of carbonyl (C=O) groups is 1. The number of nitrogens with zero attached hydrogens (tertiary/aromatic N) is 2. The molecule has 2 rings (SSSR count). The van der Waals surface area contributed by atoms with Crippen LogP contribution in [0.3, 0.4) is 0 Å². The third-order valence-electron chi connectivity index (χ3n) is 3.08. The minimum Gasteiger partial charge on any atom is -0.355 e. The summed E-state index contributed by atoms with van der Waals surface area (Å²) in [7, 11) is 0. The van der Waals surface area contributed by atoms with Crippen molar-refractivity contribution in [1.29, 1.82) is 0 Å². The molecule has 19 heavy (non-hydrogen) atoms. The molecule has 0 aliphatic heterocycles.